The first kappa shape index (κ1) is 12.1. The van der Waals surface area contributed by atoms with Gasteiger partial charge in [-0.15, -0.1) is 0 Å². The first-order valence-electron chi connectivity index (χ1n) is 6.19. The molecular formula is C14H20N2O. The number of hydrogen-bond acceptors (Lipinski definition) is 2. The number of nitrogens with zero attached hydrogens (tertiary/aromatic N) is 1. The van der Waals surface area contributed by atoms with Gasteiger partial charge in [-0.2, -0.15) is 0 Å². The molecule has 2 rings (SSSR count). The molecule has 1 aromatic rings. The molecule has 0 spiro atoms. The molecule has 2 atom stereocenters. The third kappa shape index (κ3) is 2.50. The molecule has 0 aromatic heterocycles. The molecular weight excluding hydrogens is 212 g/mol. The van der Waals surface area contributed by atoms with E-state index in [4.69, 9.17) is 5.73 Å². The molecule has 1 saturated heterocycles. The Labute approximate surface area is 103 Å². The second-order valence-electron chi connectivity index (χ2n) is 4.92. The zero-order chi connectivity index (χ0) is 12.4. The van der Waals surface area contributed by atoms with Gasteiger partial charge in [-0.05, 0) is 31.4 Å². The van der Waals surface area contributed by atoms with Gasteiger partial charge in [-0.3, -0.25) is 4.79 Å². The maximum Gasteiger partial charge on any atom is 0.239 e. The molecule has 1 amide bonds. The summed E-state index contributed by atoms with van der Waals surface area (Å²) in [4.78, 5) is 13.7. The first-order valence-corrected chi connectivity index (χ1v) is 6.19. The molecule has 1 fully saturated rings. The number of hydrogen-bond donors (Lipinski definition) is 1. The Hall–Kier alpha value is -1.35. The standard InChI is InChI=1S/C14H20N2O/c1-10-5-3-4-6-13(10)12-7-8-16(9-12)14(17)11(2)15/h3-6,11-12H,7-9,15H2,1-2H3/t11-,12?/m1/s1. The second kappa shape index (κ2) is 4.88. The van der Waals surface area contributed by atoms with Crippen LogP contribution in [0.4, 0.5) is 0 Å². The maximum absolute atomic E-state index is 11.8. The fourth-order valence-corrected chi connectivity index (χ4v) is 2.55. The number of likely N-dealkylation sites (tertiary alicyclic amines) is 1. The van der Waals surface area contributed by atoms with Crippen LogP contribution >= 0.6 is 0 Å². The molecule has 17 heavy (non-hydrogen) atoms. The van der Waals surface area contributed by atoms with Crippen LogP contribution in [0.25, 0.3) is 0 Å². The van der Waals surface area contributed by atoms with Crippen molar-refractivity contribution >= 4 is 5.91 Å². The minimum Gasteiger partial charge on any atom is -0.341 e. The first-order chi connectivity index (χ1) is 8.09. The largest absolute Gasteiger partial charge is 0.341 e. The summed E-state index contributed by atoms with van der Waals surface area (Å²) < 4.78 is 0. The van der Waals surface area contributed by atoms with E-state index in [0.717, 1.165) is 19.5 Å². The zero-order valence-corrected chi connectivity index (χ0v) is 10.5. The van der Waals surface area contributed by atoms with Crippen LogP contribution in [0.2, 0.25) is 0 Å². The van der Waals surface area contributed by atoms with E-state index in [1.165, 1.54) is 11.1 Å². The van der Waals surface area contributed by atoms with Crippen LogP contribution in [0.5, 0.6) is 0 Å². The van der Waals surface area contributed by atoms with Gasteiger partial charge in [0.05, 0.1) is 6.04 Å². The summed E-state index contributed by atoms with van der Waals surface area (Å²) in [6.45, 7) is 5.53. The highest BCUT2D eigenvalue weighted by atomic mass is 16.2. The van der Waals surface area contributed by atoms with E-state index in [0.29, 0.717) is 5.92 Å². The number of aryl methyl sites for hydroxylation is 1. The normalized spacial score (nSPS) is 21.6. The summed E-state index contributed by atoms with van der Waals surface area (Å²) in [5, 5.41) is 0. The molecule has 1 aliphatic heterocycles. The van der Waals surface area contributed by atoms with E-state index in [1.54, 1.807) is 6.92 Å². The van der Waals surface area contributed by atoms with Gasteiger partial charge < -0.3 is 10.6 Å². The van der Waals surface area contributed by atoms with Crippen molar-refractivity contribution in [2.75, 3.05) is 13.1 Å². The molecule has 1 heterocycles. The number of carbonyl (C=O) groups is 1. The molecule has 0 bridgehead atoms. The number of rotatable bonds is 2. The van der Waals surface area contributed by atoms with Crippen molar-refractivity contribution in [3.8, 4) is 0 Å². The number of benzene rings is 1. The highest BCUT2D eigenvalue weighted by molar-refractivity contribution is 5.81. The molecule has 0 aliphatic carbocycles. The Morgan fingerprint density at radius 1 is 1.47 bits per heavy atom. The Kier molecular flexibility index (Phi) is 3.48. The summed E-state index contributed by atoms with van der Waals surface area (Å²) >= 11 is 0. The van der Waals surface area contributed by atoms with Crippen molar-refractivity contribution in [1.29, 1.82) is 0 Å². The van der Waals surface area contributed by atoms with Gasteiger partial charge in [0.15, 0.2) is 0 Å². The van der Waals surface area contributed by atoms with Gasteiger partial charge in [0.25, 0.3) is 0 Å². The highest BCUT2D eigenvalue weighted by Crippen LogP contribution is 2.29. The van der Waals surface area contributed by atoms with Gasteiger partial charge in [0, 0.05) is 19.0 Å². The fraction of sp³-hybridized carbons (Fsp3) is 0.500. The van der Waals surface area contributed by atoms with E-state index < -0.39 is 0 Å². The smallest absolute Gasteiger partial charge is 0.239 e. The van der Waals surface area contributed by atoms with Crippen LogP contribution in [0, 0.1) is 6.92 Å². The maximum atomic E-state index is 11.8. The van der Waals surface area contributed by atoms with Crippen LogP contribution in [-0.4, -0.2) is 29.9 Å². The second-order valence-corrected chi connectivity index (χ2v) is 4.92. The van der Waals surface area contributed by atoms with Crippen molar-refractivity contribution in [3.63, 3.8) is 0 Å². The Morgan fingerprint density at radius 3 is 2.82 bits per heavy atom. The number of nitrogens with two attached hydrogens (primary N) is 1. The van der Waals surface area contributed by atoms with E-state index in [1.807, 2.05) is 4.90 Å². The molecule has 0 radical (unpaired) electrons. The Balaban J connectivity index is 2.08. The number of amides is 1. The third-order valence-corrected chi connectivity index (χ3v) is 3.52. The van der Waals surface area contributed by atoms with Crippen LogP contribution in [-0.2, 0) is 4.79 Å². The fourth-order valence-electron chi connectivity index (χ4n) is 2.55. The molecule has 2 N–H and O–H groups in total. The Morgan fingerprint density at radius 2 is 2.18 bits per heavy atom. The molecule has 1 aromatic carbocycles. The lowest BCUT2D eigenvalue weighted by Crippen LogP contribution is -2.40. The third-order valence-electron chi connectivity index (χ3n) is 3.52. The quantitative estimate of drug-likeness (QED) is 0.843. The molecule has 3 nitrogen and oxygen atoms in total. The van der Waals surface area contributed by atoms with Crippen LogP contribution in [0.3, 0.4) is 0 Å². The lowest BCUT2D eigenvalue weighted by Gasteiger charge is -2.19. The summed E-state index contributed by atoms with van der Waals surface area (Å²) in [6, 6.07) is 8.04. The molecule has 0 saturated carbocycles. The van der Waals surface area contributed by atoms with Crippen molar-refractivity contribution in [2.24, 2.45) is 5.73 Å². The van der Waals surface area contributed by atoms with Gasteiger partial charge in [-0.1, -0.05) is 24.3 Å². The van der Waals surface area contributed by atoms with Crippen molar-refractivity contribution < 1.29 is 4.79 Å². The van der Waals surface area contributed by atoms with Crippen molar-refractivity contribution in [3.05, 3.63) is 35.4 Å². The SMILES string of the molecule is Cc1ccccc1C1CCN(C(=O)[C@@H](C)N)C1. The predicted octanol–water partition coefficient (Wildman–Crippen LogP) is 1.66. The summed E-state index contributed by atoms with van der Waals surface area (Å²) in [5.41, 5.74) is 8.32. The van der Waals surface area contributed by atoms with Crippen LogP contribution < -0.4 is 5.73 Å². The zero-order valence-electron chi connectivity index (χ0n) is 10.5. The molecule has 1 aliphatic rings. The van der Waals surface area contributed by atoms with E-state index in [9.17, 15) is 4.79 Å². The van der Waals surface area contributed by atoms with Gasteiger partial charge in [0.2, 0.25) is 5.91 Å². The monoisotopic (exact) mass is 232 g/mol. The van der Waals surface area contributed by atoms with Gasteiger partial charge >= 0.3 is 0 Å². The molecule has 3 heteroatoms. The summed E-state index contributed by atoms with van der Waals surface area (Å²) in [6.07, 6.45) is 1.04. The number of carbonyl (C=O) groups excluding carboxylic acids is 1. The van der Waals surface area contributed by atoms with E-state index in [2.05, 4.69) is 31.2 Å². The summed E-state index contributed by atoms with van der Waals surface area (Å²) in [5.74, 6) is 0.542. The van der Waals surface area contributed by atoms with Crippen molar-refractivity contribution in [1.82, 2.24) is 4.90 Å². The minimum absolute atomic E-state index is 0.0704. The van der Waals surface area contributed by atoms with Crippen LogP contribution in [0.1, 0.15) is 30.4 Å². The lowest BCUT2D eigenvalue weighted by atomic mass is 9.94. The van der Waals surface area contributed by atoms with E-state index >= 15 is 0 Å². The predicted molar refractivity (Wildman–Crippen MR) is 68.8 cm³/mol. The molecule has 1 unspecified atom stereocenters. The highest BCUT2D eigenvalue weighted by Gasteiger charge is 2.29. The Bertz CT molecular complexity index is 414. The van der Waals surface area contributed by atoms with Crippen molar-refractivity contribution in [2.45, 2.75) is 32.2 Å². The molecule has 92 valence electrons. The van der Waals surface area contributed by atoms with Gasteiger partial charge in [-0.25, -0.2) is 0 Å². The topological polar surface area (TPSA) is 46.3 Å². The average Bonchev–Trinajstić information content (AvgIpc) is 2.77. The summed E-state index contributed by atoms with van der Waals surface area (Å²) in [7, 11) is 0. The van der Waals surface area contributed by atoms with E-state index in [-0.39, 0.29) is 11.9 Å². The van der Waals surface area contributed by atoms with Gasteiger partial charge in [0.1, 0.15) is 0 Å². The average molecular weight is 232 g/mol. The lowest BCUT2D eigenvalue weighted by molar-refractivity contribution is -0.131. The minimum atomic E-state index is -0.384. The van der Waals surface area contributed by atoms with Crippen LogP contribution in [0.15, 0.2) is 24.3 Å².